The topological polar surface area (TPSA) is 41.1 Å². The fraction of sp³-hybridized carbons (Fsp3) is 0.364. The summed E-state index contributed by atoms with van der Waals surface area (Å²) in [5.41, 5.74) is -0.194. The van der Waals surface area contributed by atoms with Crippen molar-refractivity contribution in [3.05, 3.63) is 35.4 Å². The Morgan fingerprint density at radius 2 is 2.06 bits per heavy atom. The summed E-state index contributed by atoms with van der Waals surface area (Å²) in [6.45, 7) is 0.296. The van der Waals surface area contributed by atoms with Crippen LogP contribution in [0.25, 0.3) is 0 Å². The number of alkyl halides is 3. The lowest BCUT2D eigenvalue weighted by molar-refractivity contribution is -0.137. The van der Waals surface area contributed by atoms with Crippen molar-refractivity contribution in [3.63, 3.8) is 0 Å². The largest absolute Gasteiger partial charge is 0.416 e. The van der Waals surface area contributed by atoms with Gasteiger partial charge in [-0.1, -0.05) is 18.2 Å². The summed E-state index contributed by atoms with van der Waals surface area (Å²) >= 11 is 0. The Labute approximate surface area is 97.0 Å². The Morgan fingerprint density at radius 1 is 1.35 bits per heavy atom. The molecule has 0 aliphatic rings. The van der Waals surface area contributed by atoms with Crippen molar-refractivity contribution < 1.29 is 18.0 Å². The van der Waals surface area contributed by atoms with E-state index < -0.39 is 11.7 Å². The van der Waals surface area contributed by atoms with E-state index in [1.165, 1.54) is 13.1 Å². The summed E-state index contributed by atoms with van der Waals surface area (Å²) < 4.78 is 37.2. The van der Waals surface area contributed by atoms with Gasteiger partial charge in [0, 0.05) is 13.6 Å². The number of hydrogen-bond acceptors (Lipinski definition) is 2. The first-order chi connectivity index (χ1) is 7.93. The van der Waals surface area contributed by atoms with Crippen LogP contribution in [0, 0.1) is 0 Å². The molecule has 0 aromatic heterocycles. The number of carbonyl (C=O) groups is 1. The first kappa shape index (κ1) is 13.5. The molecule has 1 aromatic rings. The lowest BCUT2D eigenvalue weighted by atomic mass is 10.1. The van der Waals surface area contributed by atoms with Gasteiger partial charge in [-0.2, -0.15) is 13.2 Å². The molecule has 0 heterocycles. The molecule has 3 nitrogen and oxygen atoms in total. The van der Waals surface area contributed by atoms with Gasteiger partial charge in [0.1, 0.15) is 0 Å². The van der Waals surface area contributed by atoms with E-state index in [-0.39, 0.29) is 19.0 Å². The number of rotatable bonds is 4. The lowest BCUT2D eigenvalue weighted by Gasteiger charge is -2.09. The third-order valence-electron chi connectivity index (χ3n) is 2.15. The van der Waals surface area contributed by atoms with Crippen LogP contribution in [0.2, 0.25) is 0 Å². The highest BCUT2D eigenvalue weighted by Gasteiger charge is 2.30. The van der Waals surface area contributed by atoms with Crippen LogP contribution in [0.1, 0.15) is 11.1 Å². The van der Waals surface area contributed by atoms with Crippen molar-refractivity contribution in [3.8, 4) is 0 Å². The number of carbonyl (C=O) groups excluding carboxylic acids is 1. The van der Waals surface area contributed by atoms with Crippen LogP contribution in [0.5, 0.6) is 0 Å². The summed E-state index contributed by atoms with van der Waals surface area (Å²) in [6.07, 6.45) is -4.34. The van der Waals surface area contributed by atoms with Crippen LogP contribution in [0.4, 0.5) is 13.2 Å². The second-order valence-electron chi connectivity index (χ2n) is 3.47. The number of nitrogens with one attached hydrogen (secondary N) is 2. The molecular weight excluding hydrogens is 233 g/mol. The van der Waals surface area contributed by atoms with Gasteiger partial charge >= 0.3 is 6.18 Å². The first-order valence-corrected chi connectivity index (χ1v) is 5.01. The maximum Gasteiger partial charge on any atom is 0.416 e. The third kappa shape index (κ3) is 4.44. The van der Waals surface area contributed by atoms with E-state index >= 15 is 0 Å². The smallest absolute Gasteiger partial charge is 0.358 e. The van der Waals surface area contributed by atoms with E-state index in [4.69, 9.17) is 0 Å². The van der Waals surface area contributed by atoms with Crippen LogP contribution in [0.15, 0.2) is 24.3 Å². The first-order valence-electron chi connectivity index (χ1n) is 5.01. The molecule has 0 radical (unpaired) electrons. The van der Waals surface area contributed by atoms with E-state index in [0.29, 0.717) is 5.56 Å². The average molecular weight is 246 g/mol. The van der Waals surface area contributed by atoms with Gasteiger partial charge in [0.05, 0.1) is 12.1 Å². The molecule has 0 bridgehead atoms. The summed E-state index contributed by atoms with van der Waals surface area (Å²) in [5.74, 6) is -0.211. The standard InChI is InChI=1S/C11H13F3N2O/c1-15-10(17)7-16-6-8-3-2-4-9(5-8)11(12,13)14/h2-5,16H,6-7H2,1H3,(H,15,17). The number of halogens is 3. The summed E-state index contributed by atoms with van der Waals surface area (Å²) in [7, 11) is 1.49. The molecule has 2 N–H and O–H groups in total. The molecule has 0 saturated heterocycles. The maximum absolute atomic E-state index is 12.4. The van der Waals surface area contributed by atoms with Gasteiger partial charge < -0.3 is 10.6 Å². The second kappa shape index (κ2) is 5.67. The van der Waals surface area contributed by atoms with Gasteiger partial charge in [0.15, 0.2) is 0 Å². The predicted molar refractivity (Wildman–Crippen MR) is 57.2 cm³/mol. The van der Waals surface area contributed by atoms with E-state index in [9.17, 15) is 18.0 Å². The van der Waals surface area contributed by atoms with E-state index in [1.54, 1.807) is 6.07 Å². The molecule has 1 amide bonds. The highest BCUT2D eigenvalue weighted by Crippen LogP contribution is 2.29. The zero-order valence-electron chi connectivity index (χ0n) is 9.27. The van der Waals surface area contributed by atoms with Crippen LogP contribution < -0.4 is 10.6 Å². The SMILES string of the molecule is CNC(=O)CNCc1cccc(C(F)(F)F)c1. The molecule has 0 aliphatic carbocycles. The lowest BCUT2D eigenvalue weighted by Crippen LogP contribution is -2.31. The Bertz CT molecular complexity index is 391. The van der Waals surface area contributed by atoms with Crippen molar-refractivity contribution >= 4 is 5.91 Å². The summed E-state index contributed by atoms with van der Waals surface area (Å²) in [4.78, 5) is 10.9. The number of benzene rings is 1. The highest BCUT2D eigenvalue weighted by molar-refractivity contribution is 5.77. The Balaban J connectivity index is 2.58. The molecule has 6 heteroatoms. The number of amides is 1. The molecule has 1 aromatic carbocycles. The van der Waals surface area contributed by atoms with Gasteiger partial charge in [0.2, 0.25) is 5.91 Å². The van der Waals surface area contributed by atoms with Crippen LogP contribution in [-0.4, -0.2) is 19.5 Å². The zero-order valence-corrected chi connectivity index (χ0v) is 9.27. The zero-order chi connectivity index (χ0) is 12.9. The molecule has 0 unspecified atom stereocenters. The fourth-order valence-electron chi connectivity index (χ4n) is 1.27. The van der Waals surface area contributed by atoms with Crippen molar-refractivity contribution in [1.82, 2.24) is 10.6 Å². The minimum absolute atomic E-state index is 0.0761. The molecule has 0 saturated carbocycles. The fourth-order valence-corrected chi connectivity index (χ4v) is 1.27. The minimum atomic E-state index is -4.34. The van der Waals surface area contributed by atoms with E-state index in [0.717, 1.165) is 12.1 Å². The van der Waals surface area contributed by atoms with E-state index in [2.05, 4.69) is 10.6 Å². The molecule has 0 fully saturated rings. The van der Waals surface area contributed by atoms with Crippen LogP contribution >= 0.6 is 0 Å². The molecule has 94 valence electrons. The third-order valence-corrected chi connectivity index (χ3v) is 2.15. The van der Waals surface area contributed by atoms with E-state index in [1.807, 2.05) is 0 Å². The molecule has 0 atom stereocenters. The monoisotopic (exact) mass is 246 g/mol. The minimum Gasteiger partial charge on any atom is -0.358 e. The molecule has 0 aliphatic heterocycles. The van der Waals surface area contributed by atoms with Gasteiger partial charge in [-0.15, -0.1) is 0 Å². The Kier molecular flexibility index (Phi) is 4.51. The van der Waals surface area contributed by atoms with Gasteiger partial charge in [-0.3, -0.25) is 4.79 Å². The number of hydrogen-bond donors (Lipinski definition) is 2. The summed E-state index contributed by atoms with van der Waals surface area (Å²) in [5, 5.41) is 5.16. The Morgan fingerprint density at radius 3 is 2.65 bits per heavy atom. The highest BCUT2D eigenvalue weighted by atomic mass is 19.4. The van der Waals surface area contributed by atoms with Crippen LogP contribution in [-0.2, 0) is 17.5 Å². The van der Waals surface area contributed by atoms with Crippen molar-refractivity contribution in [1.29, 1.82) is 0 Å². The van der Waals surface area contributed by atoms with Gasteiger partial charge in [0.25, 0.3) is 0 Å². The van der Waals surface area contributed by atoms with Crippen molar-refractivity contribution in [2.75, 3.05) is 13.6 Å². The van der Waals surface area contributed by atoms with Crippen molar-refractivity contribution in [2.45, 2.75) is 12.7 Å². The number of likely N-dealkylation sites (N-methyl/N-ethyl adjacent to an activating group) is 1. The quantitative estimate of drug-likeness (QED) is 0.846. The average Bonchev–Trinajstić information content (AvgIpc) is 2.28. The molecule has 17 heavy (non-hydrogen) atoms. The Hall–Kier alpha value is -1.56. The molecule has 1 rings (SSSR count). The normalized spacial score (nSPS) is 11.3. The molecular formula is C11H13F3N2O. The molecule has 0 spiro atoms. The summed E-state index contributed by atoms with van der Waals surface area (Å²) in [6, 6.07) is 5.00. The second-order valence-corrected chi connectivity index (χ2v) is 3.47. The van der Waals surface area contributed by atoms with Gasteiger partial charge in [-0.25, -0.2) is 0 Å². The van der Waals surface area contributed by atoms with Gasteiger partial charge in [-0.05, 0) is 11.6 Å². The predicted octanol–water partition coefficient (Wildman–Crippen LogP) is 1.54. The van der Waals surface area contributed by atoms with Crippen LogP contribution in [0.3, 0.4) is 0 Å². The maximum atomic E-state index is 12.4. The van der Waals surface area contributed by atoms with Crippen molar-refractivity contribution in [2.24, 2.45) is 0 Å².